The summed E-state index contributed by atoms with van der Waals surface area (Å²) in [5.41, 5.74) is 2.29. The second-order valence-electron chi connectivity index (χ2n) is 11.6. The summed E-state index contributed by atoms with van der Waals surface area (Å²) in [6.07, 6.45) is 0.502. The zero-order valence-corrected chi connectivity index (χ0v) is 28.4. The Labute approximate surface area is 289 Å². The largest absolute Gasteiger partial charge is 0.493 e. The molecular formula is C41H41BO7. The SMILES string of the molecule is COc1cc(/C=C\B2O[C@@H](C(OC)(c3ccccc3)c3ccccc3)[C@H](C(OC)(c3ccccc3)c3ccccc3)O2)cc(OC)c1OC. The summed E-state index contributed by atoms with van der Waals surface area (Å²) in [5.74, 6) is 3.50. The van der Waals surface area contributed by atoms with Crippen molar-refractivity contribution in [1.29, 1.82) is 0 Å². The van der Waals surface area contributed by atoms with Gasteiger partial charge in [0.25, 0.3) is 0 Å². The van der Waals surface area contributed by atoms with E-state index in [1.165, 1.54) is 0 Å². The van der Waals surface area contributed by atoms with Gasteiger partial charge in [0.15, 0.2) is 11.5 Å². The highest BCUT2D eigenvalue weighted by Gasteiger charge is 2.61. The van der Waals surface area contributed by atoms with Crippen LogP contribution in [0.25, 0.3) is 6.08 Å². The third-order valence-corrected chi connectivity index (χ3v) is 9.23. The fraction of sp³-hybridized carbons (Fsp3) is 0.220. The highest BCUT2D eigenvalue weighted by Crippen LogP contribution is 2.50. The van der Waals surface area contributed by atoms with Gasteiger partial charge in [-0.25, -0.2) is 0 Å². The maximum absolute atomic E-state index is 7.07. The first kappa shape index (κ1) is 34.0. The van der Waals surface area contributed by atoms with Crippen LogP contribution in [0.15, 0.2) is 139 Å². The molecule has 0 spiro atoms. The molecule has 0 unspecified atom stereocenters. The second-order valence-corrected chi connectivity index (χ2v) is 11.6. The van der Waals surface area contributed by atoms with Crippen LogP contribution >= 0.6 is 0 Å². The van der Waals surface area contributed by atoms with Crippen LogP contribution in [-0.2, 0) is 30.0 Å². The third-order valence-electron chi connectivity index (χ3n) is 9.23. The van der Waals surface area contributed by atoms with Crippen molar-refractivity contribution < 1.29 is 33.0 Å². The Morgan fingerprint density at radius 3 is 1.14 bits per heavy atom. The number of hydrogen-bond donors (Lipinski definition) is 0. The normalized spacial score (nSPS) is 16.6. The van der Waals surface area contributed by atoms with E-state index in [0.29, 0.717) is 17.2 Å². The average Bonchev–Trinajstić information content (AvgIpc) is 3.61. The molecule has 1 aliphatic heterocycles. The molecule has 49 heavy (non-hydrogen) atoms. The van der Waals surface area contributed by atoms with Crippen LogP contribution in [0.4, 0.5) is 0 Å². The average molecular weight is 657 g/mol. The summed E-state index contributed by atoms with van der Waals surface area (Å²) in [4.78, 5) is 0. The first-order valence-electron chi connectivity index (χ1n) is 16.2. The highest BCUT2D eigenvalue weighted by molar-refractivity contribution is 6.52. The van der Waals surface area contributed by atoms with Crippen LogP contribution in [-0.4, -0.2) is 54.9 Å². The van der Waals surface area contributed by atoms with Gasteiger partial charge in [-0.05, 0) is 39.9 Å². The molecule has 5 aromatic carbocycles. The fourth-order valence-electron chi connectivity index (χ4n) is 7.00. The van der Waals surface area contributed by atoms with E-state index in [9.17, 15) is 0 Å². The molecule has 0 aromatic heterocycles. The molecular weight excluding hydrogens is 615 g/mol. The molecule has 0 amide bonds. The molecule has 2 atom stereocenters. The Balaban J connectivity index is 1.56. The molecule has 6 rings (SSSR count). The molecule has 0 bridgehead atoms. The molecule has 250 valence electrons. The minimum Gasteiger partial charge on any atom is -0.493 e. The van der Waals surface area contributed by atoms with Gasteiger partial charge in [0.05, 0.1) is 21.3 Å². The molecule has 1 fully saturated rings. The van der Waals surface area contributed by atoms with Gasteiger partial charge in [0.2, 0.25) is 5.75 Å². The van der Waals surface area contributed by atoms with E-state index in [1.807, 2.05) is 97.0 Å². The minimum atomic E-state index is -1.10. The Morgan fingerprint density at radius 1 is 0.510 bits per heavy atom. The molecule has 7 nitrogen and oxygen atoms in total. The molecule has 0 aliphatic carbocycles. The van der Waals surface area contributed by atoms with Gasteiger partial charge in [-0.1, -0.05) is 133 Å². The van der Waals surface area contributed by atoms with Gasteiger partial charge < -0.3 is 33.0 Å². The molecule has 1 heterocycles. The third kappa shape index (κ3) is 6.25. The summed E-state index contributed by atoms with van der Waals surface area (Å²) < 4.78 is 44.3. The Kier molecular flexibility index (Phi) is 10.5. The van der Waals surface area contributed by atoms with Crippen molar-refractivity contribution in [3.63, 3.8) is 0 Å². The van der Waals surface area contributed by atoms with Crippen LogP contribution in [0.1, 0.15) is 27.8 Å². The van der Waals surface area contributed by atoms with Crippen molar-refractivity contribution in [3.8, 4) is 17.2 Å². The zero-order valence-electron chi connectivity index (χ0n) is 28.4. The van der Waals surface area contributed by atoms with Crippen molar-refractivity contribution in [2.24, 2.45) is 0 Å². The predicted octanol–water partition coefficient (Wildman–Crippen LogP) is 7.72. The number of benzene rings is 5. The lowest BCUT2D eigenvalue weighted by atomic mass is 9.71. The summed E-state index contributed by atoms with van der Waals surface area (Å²) >= 11 is 0. The molecule has 1 saturated heterocycles. The van der Waals surface area contributed by atoms with Gasteiger partial charge in [0, 0.05) is 14.2 Å². The van der Waals surface area contributed by atoms with Crippen LogP contribution in [0, 0.1) is 0 Å². The van der Waals surface area contributed by atoms with Crippen LogP contribution in [0.5, 0.6) is 17.2 Å². The van der Waals surface area contributed by atoms with Gasteiger partial charge in [-0.2, -0.15) is 0 Å². The van der Waals surface area contributed by atoms with E-state index in [2.05, 4.69) is 48.5 Å². The van der Waals surface area contributed by atoms with Gasteiger partial charge in [-0.3, -0.25) is 0 Å². The highest BCUT2D eigenvalue weighted by atomic mass is 16.7. The number of ether oxygens (including phenoxy) is 5. The van der Waals surface area contributed by atoms with Crippen LogP contribution in [0.2, 0.25) is 0 Å². The van der Waals surface area contributed by atoms with Crippen LogP contribution in [0.3, 0.4) is 0 Å². The molecule has 8 heteroatoms. The molecule has 0 saturated carbocycles. The molecule has 1 aliphatic rings. The topological polar surface area (TPSA) is 64.6 Å². The Bertz CT molecular complexity index is 1610. The lowest BCUT2D eigenvalue weighted by molar-refractivity contribution is -0.136. The predicted molar refractivity (Wildman–Crippen MR) is 192 cm³/mol. The van der Waals surface area contributed by atoms with Crippen LogP contribution < -0.4 is 14.2 Å². The number of methoxy groups -OCH3 is 5. The number of hydrogen-bond acceptors (Lipinski definition) is 7. The summed E-state index contributed by atoms with van der Waals surface area (Å²) in [6.45, 7) is 0. The number of rotatable bonds is 13. The monoisotopic (exact) mass is 656 g/mol. The van der Waals surface area contributed by atoms with Crippen molar-refractivity contribution in [2.75, 3.05) is 35.5 Å². The maximum atomic E-state index is 7.07. The van der Waals surface area contributed by atoms with E-state index in [4.69, 9.17) is 33.0 Å². The molecule has 5 aromatic rings. The maximum Gasteiger partial charge on any atom is 0.486 e. The van der Waals surface area contributed by atoms with E-state index in [-0.39, 0.29) is 0 Å². The lowest BCUT2D eigenvalue weighted by Crippen LogP contribution is -2.56. The van der Waals surface area contributed by atoms with E-state index < -0.39 is 30.5 Å². The summed E-state index contributed by atoms with van der Waals surface area (Å²) in [5, 5.41) is 0. The zero-order chi connectivity index (χ0) is 34.3. The lowest BCUT2D eigenvalue weighted by Gasteiger charge is -2.46. The first-order chi connectivity index (χ1) is 24.0. The molecule has 0 radical (unpaired) electrons. The standard InChI is InChI=1S/C41H41BO7/c1-43-35-28-30(29-36(44-2)37(35)45-3)26-27-42-48-38(40(46-4,31-18-10-6-11-19-31)32-20-12-7-13-21-32)39(49-42)41(47-5,33-22-14-8-15-23-33)34-24-16-9-17-25-34/h6-29,38-39H,1-5H3/b27-26-/t38-,39-/m1/s1. The van der Waals surface area contributed by atoms with Crippen molar-refractivity contribution in [3.05, 3.63) is 167 Å². The molecule has 0 N–H and O–H groups in total. The van der Waals surface area contributed by atoms with Gasteiger partial charge in [-0.15, -0.1) is 0 Å². The smallest absolute Gasteiger partial charge is 0.486 e. The van der Waals surface area contributed by atoms with E-state index in [0.717, 1.165) is 27.8 Å². The summed E-state index contributed by atoms with van der Waals surface area (Å²) in [7, 11) is 7.42. The van der Waals surface area contributed by atoms with Gasteiger partial charge in [0.1, 0.15) is 23.4 Å². The summed E-state index contributed by atoms with van der Waals surface area (Å²) in [6, 6.07) is 44.3. The van der Waals surface area contributed by atoms with Gasteiger partial charge >= 0.3 is 7.12 Å². The minimum absolute atomic E-state index is 0.516. The second kappa shape index (κ2) is 15.1. The Hall–Kier alpha value is -4.86. The van der Waals surface area contributed by atoms with Crippen molar-refractivity contribution in [2.45, 2.75) is 23.4 Å². The fourth-order valence-corrected chi connectivity index (χ4v) is 7.00. The van der Waals surface area contributed by atoms with E-state index >= 15 is 0 Å². The quantitative estimate of drug-likeness (QED) is 0.120. The van der Waals surface area contributed by atoms with Crippen molar-refractivity contribution >= 4 is 13.2 Å². The van der Waals surface area contributed by atoms with E-state index in [1.54, 1.807) is 35.5 Å². The van der Waals surface area contributed by atoms with Crippen molar-refractivity contribution in [1.82, 2.24) is 0 Å². The first-order valence-corrected chi connectivity index (χ1v) is 16.2. The Morgan fingerprint density at radius 2 is 0.857 bits per heavy atom.